The predicted molar refractivity (Wildman–Crippen MR) is 129 cm³/mol. The number of hydrogen-bond acceptors (Lipinski definition) is 3. The van der Waals surface area contributed by atoms with Crippen molar-refractivity contribution in [3.63, 3.8) is 0 Å². The van der Waals surface area contributed by atoms with Gasteiger partial charge in [-0.1, -0.05) is 28.1 Å². The van der Waals surface area contributed by atoms with E-state index in [2.05, 4.69) is 52.5 Å². The van der Waals surface area contributed by atoms with E-state index in [0.717, 1.165) is 55.2 Å². The molecule has 0 saturated heterocycles. The van der Waals surface area contributed by atoms with Crippen molar-refractivity contribution in [2.24, 2.45) is 4.99 Å². The largest absolute Gasteiger partial charge is 0.469 e. The molecule has 1 aromatic heterocycles. The van der Waals surface area contributed by atoms with Gasteiger partial charge < -0.3 is 19.8 Å². The fourth-order valence-corrected chi connectivity index (χ4v) is 2.71. The number of unbranched alkanes of at least 4 members (excludes halogenated alkanes) is 1. The second kappa shape index (κ2) is 14.9. The van der Waals surface area contributed by atoms with Gasteiger partial charge in [-0.25, -0.2) is 4.99 Å². The summed E-state index contributed by atoms with van der Waals surface area (Å²) in [5.41, 5.74) is 1.18. The molecule has 5 nitrogen and oxygen atoms in total. The third-order valence-corrected chi connectivity index (χ3v) is 4.42. The summed E-state index contributed by atoms with van der Waals surface area (Å²) in [5.74, 6) is 1.80. The highest BCUT2D eigenvalue weighted by molar-refractivity contribution is 14.0. The zero-order valence-corrected chi connectivity index (χ0v) is 20.5. The fraction of sp³-hybridized carbons (Fsp3) is 0.476. The van der Waals surface area contributed by atoms with E-state index < -0.39 is 0 Å². The van der Waals surface area contributed by atoms with E-state index in [-0.39, 0.29) is 24.0 Å². The number of nitrogens with one attached hydrogen (secondary N) is 2. The normalized spacial score (nSPS) is 11.4. The molecule has 0 aliphatic carbocycles. The molecule has 0 saturated carbocycles. The summed E-state index contributed by atoms with van der Waals surface area (Å²) in [6, 6.07) is 12.1. The predicted octanol–water partition coefficient (Wildman–Crippen LogP) is 5.14. The van der Waals surface area contributed by atoms with Crippen LogP contribution in [0.15, 0.2) is 56.5 Å². The lowest BCUT2D eigenvalue weighted by molar-refractivity contribution is 0.0762. The number of ether oxygens (including phenoxy) is 1. The molecule has 2 N–H and O–H groups in total. The first-order chi connectivity index (χ1) is 13.1. The first kappa shape index (κ1) is 25.0. The molecule has 0 unspecified atom stereocenters. The minimum Gasteiger partial charge on any atom is -0.469 e. The first-order valence-corrected chi connectivity index (χ1v) is 10.3. The van der Waals surface area contributed by atoms with Crippen LogP contribution in [-0.4, -0.2) is 31.8 Å². The lowest BCUT2D eigenvalue weighted by atomic mass is 10.2. The third-order valence-electron chi connectivity index (χ3n) is 3.89. The molecule has 0 atom stereocenters. The summed E-state index contributed by atoms with van der Waals surface area (Å²) in [7, 11) is 0. The molecule has 7 heteroatoms. The van der Waals surface area contributed by atoms with Gasteiger partial charge in [-0.3, -0.25) is 0 Å². The highest BCUT2D eigenvalue weighted by atomic mass is 127. The van der Waals surface area contributed by atoms with Gasteiger partial charge in [-0.05, 0) is 56.5 Å². The molecular formula is C21H31BrIN3O2. The summed E-state index contributed by atoms with van der Waals surface area (Å²) >= 11 is 3.46. The molecule has 0 aliphatic heterocycles. The number of aliphatic imine (C=N–C) groups is 1. The Morgan fingerprint density at radius 2 is 1.86 bits per heavy atom. The number of hydrogen-bond donors (Lipinski definition) is 2. The number of rotatable bonds is 11. The average Bonchev–Trinajstić information content (AvgIpc) is 3.16. The van der Waals surface area contributed by atoms with E-state index >= 15 is 0 Å². The van der Waals surface area contributed by atoms with Crippen LogP contribution in [0.5, 0.6) is 0 Å². The Bertz CT molecular complexity index is 661. The summed E-state index contributed by atoms with van der Waals surface area (Å²) in [6.45, 7) is 7.21. The number of halogens is 2. The van der Waals surface area contributed by atoms with Crippen molar-refractivity contribution in [1.82, 2.24) is 10.6 Å². The maximum Gasteiger partial charge on any atom is 0.191 e. The van der Waals surface area contributed by atoms with Crippen LogP contribution in [0.1, 0.15) is 38.0 Å². The van der Waals surface area contributed by atoms with Gasteiger partial charge in [-0.15, -0.1) is 24.0 Å². The molecule has 0 spiro atoms. The summed E-state index contributed by atoms with van der Waals surface area (Å²) in [5, 5.41) is 6.80. The van der Waals surface area contributed by atoms with Crippen molar-refractivity contribution in [2.45, 2.75) is 45.8 Å². The number of furan rings is 1. The van der Waals surface area contributed by atoms with Gasteiger partial charge in [0.1, 0.15) is 5.76 Å². The average molecular weight is 564 g/mol. The highest BCUT2D eigenvalue weighted by Crippen LogP contribution is 2.11. The Hall–Kier alpha value is -1.06. The minimum atomic E-state index is 0. The molecule has 0 bridgehead atoms. The molecule has 1 aromatic carbocycles. The molecule has 0 fully saturated rings. The quantitative estimate of drug-likeness (QED) is 0.172. The van der Waals surface area contributed by atoms with Crippen LogP contribution >= 0.6 is 39.9 Å². The molecule has 28 heavy (non-hydrogen) atoms. The van der Waals surface area contributed by atoms with Crippen molar-refractivity contribution in [2.75, 3.05) is 19.7 Å². The molecular weight excluding hydrogens is 533 g/mol. The monoisotopic (exact) mass is 563 g/mol. The van der Waals surface area contributed by atoms with Crippen LogP contribution in [0.4, 0.5) is 0 Å². The lowest BCUT2D eigenvalue weighted by Crippen LogP contribution is -2.39. The van der Waals surface area contributed by atoms with Gasteiger partial charge in [-0.2, -0.15) is 0 Å². The SMILES string of the molecule is CC(C)OCCCCNC(=NCc1ccc(Br)cc1)NCCc1ccco1.I. The third kappa shape index (κ3) is 11.1. The van der Waals surface area contributed by atoms with E-state index in [1.165, 1.54) is 5.56 Å². The number of nitrogens with zero attached hydrogens (tertiary/aromatic N) is 1. The van der Waals surface area contributed by atoms with E-state index in [4.69, 9.17) is 14.1 Å². The van der Waals surface area contributed by atoms with Gasteiger partial charge >= 0.3 is 0 Å². The lowest BCUT2D eigenvalue weighted by Gasteiger charge is -2.13. The van der Waals surface area contributed by atoms with Crippen LogP contribution in [0.25, 0.3) is 0 Å². The second-order valence-electron chi connectivity index (χ2n) is 6.60. The van der Waals surface area contributed by atoms with E-state index in [1.807, 2.05) is 24.3 Å². The van der Waals surface area contributed by atoms with Gasteiger partial charge in [0.25, 0.3) is 0 Å². The number of guanidine groups is 1. The Morgan fingerprint density at radius 1 is 1.11 bits per heavy atom. The Labute approximate surface area is 193 Å². The highest BCUT2D eigenvalue weighted by Gasteiger charge is 2.01. The standard InChI is InChI=1S/C21H30BrN3O2.HI/c1-17(2)26-14-4-3-12-23-21(24-13-11-20-6-5-15-27-20)25-16-18-7-9-19(22)10-8-18;/h5-10,15,17H,3-4,11-14,16H2,1-2H3,(H2,23,24,25);1H. The molecule has 0 aliphatic rings. The van der Waals surface area contributed by atoms with Crippen LogP contribution < -0.4 is 10.6 Å². The molecule has 0 amide bonds. The van der Waals surface area contributed by atoms with Crippen LogP contribution in [-0.2, 0) is 17.7 Å². The minimum absolute atomic E-state index is 0. The van der Waals surface area contributed by atoms with Gasteiger partial charge in [0.05, 0.1) is 18.9 Å². The summed E-state index contributed by atoms with van der Waals surface area (Å²) < 4.78 is 12.0. The molecule has 2 aromatic rings. The van der Waals surface area contributed by atoms with E-state index in [0.29, 0.717) is 12.6 Å². The van der Waals surface area contributed by atoms with Crippen molar-refractivity contribution < 1.29 is 9.15 Å². The van der Waals surface area contributed by atoms with Crippen LogP contribution in [0, 0.1) is 0 Å². The van der Waals surface area contributed by atoms with E-state index in [9.17, 15) is 0 Å². The zero-order valence-electron chi connectivity index (χ0n) is 16.6. The molecule has 0 radical (unpaired) electrons. The van der Waals surface area contributed by atoms with Crippen molar-refractivity contribution in [1.29, 1.82) is 0 Å². The molecule has 2 rings (SSSR count). The fourth-order valence-electron chi connectivity index (χ4n) is 2.45. The van der Waals surface area contributed by atoms with Gasteiger partial charge in [0, 0.05) is 30.6 Å². The molecule has 1 heterocycles. The topological polar surface area (TPSA) is 58.8 Å². The summed E-state index contributed by atoms with van der Waals surface area (Å²) in [6.07, 6.45) is 4.91. The Balaban J connectivity index is 0.00000392. The van der Waals surface area contributed by atoms with Crippen LogP contribution in [0.3, 0.4) is 0 Å². The first-order valence-electron chi connectivity index (χ1n) is 9.54. The second-order valence-corrected chi connectivity index (χ2v) is 7.52. The maximum absolute atomic E-state index is 5.58. The van der Waals surface area contributed by atoms with E-state index in [1.54, 1.807) is 6.26 Å². The van der Waals surface area contributed by atoms with Crippen molar-refractivity contribution in [3.8, 4) is 0 Å². The van der Waals surface area contributed by atoms with Crippen LogP contribution in [0.2, 0.25) is 0 Å². The maximum atomic E-state index is 5.58. The van der Waals surface area contributed by atoms with Gasteiger partial charge in [0.2, 0.25) is 0 Å². The number of benzene rings is 1. The summed E-state index contributed by atoms with van der Waals surface area (Å²) in [4.78, 5) is 4.71. The Kier molecular flexibility index (Phi) is 13.3. The Morgan fingerprint density at radius 3 is 2.54 bits per heavy atom. The molecule has 156 valence electrons. The van der Waals surface area contributed by atoms with Crippen molar-refractivity contribution >= 4 is 45.9 Å². The van der Waals surface area contributed by atoms with Crippen molar-refractivity contribution in [3.05, 3.63) is 58.5 Å². The smallest absolute Gasteiger partial charge is 0.191 e. The zero-order chi connectivity index (χ0) is 19.3. The van der Waals surface area contributed by atoms with Gasteiger partial charge in [0.15, 0.2) is 5.96 Å².